The molecular formula is C14H14N2O3. The normalized spacial score (nSPS) is 10.1. The standard InChI is InChI=1S/C14H14N2O3/c17-13(12-7-4-10-19-12)14(18)16-9-3-6-11-5-1-2-8-15-11/h1-2,4-5,7-8,10H,3,6,9H2,(H,16,18). The van der Waals surface area contributed by atoms with Crippen LogP contribution in [0.3, 0.4) is 0 Å². The molecule has 0 spiro atoms. The van der Waals surface area contributed by atoms with Crippen LogP contribution < -0.4 is 5.32 Å². The number of rotatable bonds is 6. The van der Waals surface area contributed by atoms with Crippen LogP contribution in [-0.2, 0) is 11.2 Å². The van der Waals surface area contributed by atoms with Crippen LogP contribution in [0.4, 0.5) is 0 Å². The monoisotopic (exact) mass is 258 g/mol. The SMILES string of the molecule is O=C(NCCCc1ccccn1)C(=O)c1ccco1. The summed E-state index contributed by atoms with van der Waals surface area (Å²) in [5.41, 5.74) is 0.967. The number of nitrogens with one attached hydrogen (secondary N) is 1. The lowest BCUT2D eigenvalue weighted by atomic mass is 10.2. The quantitative estimate of drug-likeness (QED) is 0.485. The average Bonchev–Trinajstić information content (AvgIpc) is 2.98. The van der Waals surface area contributed by atoms with E-state index >= 15 is 0 Å². The van der Waals surface area contributed by atoms with Gasteiger partial charge in [0.1, 0.15) is 0 Å². The summed E-state index contributed by atoms with van der Waals surface area (Å²) in [7, 11) is 0. The Balaban J connectivity index is 1.71. The number of carbonyl (C=O) groups excluding carboxylic acids is 2. The summed E-state index contributed by atoms with van der Waals surface area (Å²) in [5, 5.41) is 2.56. The maximum absolute atomic E-state index is 11.6. The van der Waals surface area contributed by atoms with E-state index in [-0.39, 0.29) is 5.76 Å². The van der Waals surface area contributed by atoms with Gasteiger partial charge in [0.25, 0.3) is 11.7 Å². The van der Waals surface area contributed by atoms with E-state index in [4.69, 9.17) is 4.42 Å². The second-order valence-electron chi connectivity index (χ2n) is 3.99. The number of ketones is 1. The largest absolute Gasteiger partial charge is 0.461 e. The van der Waals surface area contributed by atoms with Gasteiger partial charge >= 0.3 is 0 Å². The van der Waals surface area contributed by atoms with Crippen LogP contribution in [0.2, 0.25) is 0 Å². The highest BCUT2D eigenvalue weighted by molar-refractivity contribution is 6.42. The van der Waals surface area contributed by atoms with Crippen molar-refractivity contribution in [2.45, 2.75) is 12.8 Å². The lowest BCUT2D eigenvalue weighted by Gasteiger charge is -2.03. The van der Waals surface area contributed by atoms with Crippen molar-refractivity contribution in [2.75, 3.05) is 6.54 Å². The molecule has 5 nitrogen and oxygen atoms in total. The van der Waals surface area contributed by atoms with Crippen molar-refractivity contribution in [3.8, 4) is 0 Å². The predicted molar refractivity (Wildman–Crippen MR) is 68.6 cm³/mol. The minimum atomic E-state index is -0.650. The van der Waals surface area contributed by atoms with Crippen LogP contribution in [0.1, 0.15) is 22.7 Å². The summed E-state index contributed by atoms with van der Waals surface area (Å²) in [6.45, 7) is 0.432. The molecule has 5 heteroatoms. The van der Waals surface area contributed by atoms with E-state index < -0.39 is 11.7 Å². The summed E-state index contributed by atoms with van der Waals surface area (Å²) in [6, 6.07) is 8.74. The summed E-state index contributed by atoms with van der Waals surface area (Å²) in [6.07, 6.45) is 4.58. The average molecular weight is 258 g/mol. The minimum Gasteiger partial charge on any atom is -0.461 e. The molecular weight excluding hydrogens is 244 g/mol. The van der Waals surface area contributed by atoms with Gasteiger partial charge in [0.05, 0.1) is 6.26 Å². The lowest BCUT2D eigenvalue weighted by Crippen LogP contribution is -2.31. The van der Waals surface area contributed by atoms with Crippen LogP contribution in [0.15, 0.2) is 47.2 Å². The summed E-state index contributed by atoms with van der Waals surface area (Å²) < 4.78 is 4.87. The molecule has 98 valence electrons. The molecule has 2 aromatic heterocycles. The number of furan rings is 1. The Bertz CT molecular complexity index is 535. The molecule has 0 atom stereocenters. The Morgan fingerprint density at radius 2 is 2.11 bits per heavy atom. The number of pyridine rings is 1. The fourth-order valence-corrected chi connectivity index (χ4v) is 1.62. The van der Waals surface area contributed by atoms with Gasteiger partial charge in [0.15, 0.2) is 5.76 Å². The van der Waals surface area contributed by atoms with Crippen molar-refractivity contribution in [2.24, 2.45) is 0 Å². The number of aryl methyl sites for hydroxylation is 1. The first kappa shape index (κ1) is 13.0. The van der Waals surface area contributed by atoms with Crippen molar-refractivity contribution < 1.29 is 14.0 Å². The van der Waals surface area contributed by atoms with E-state index in [2.05, 4.69) is 10.3 Å². The molecule has 2 rings (SSSR count). The first-order valence-corrected chi connectivity index (χ1v) is 6.03. The van der Waals surface area contributed by atoms with Gasteiger partial charge in [0, 0.05) is 18.4 Å². The second-order valence-corrected chi connectivity index (χ2v) is 3.99. The third-order valence-corrected chi connectivity index (χ3v) is 2.57. The molecule has 0 aliphatic carbocycles. The van der Waals surface area contributed by atoms with E-state index in [0.717, 1.165) is 18.5 Å². The van der Waals surface area contributed by atoms with Crippen molar-refractivity contribution >= 4 is 11.7 Å². The zero-order valence-electron chi connectivity index (χ0n) is 10.3. The lowest BCUT2D eigenvalue weighted by molar-refractivity contribution is -0.117. The Kier molecular flexibility index (Phi) is 4.44. The number of nitrogens with zero attached hydrogens (tertiary/aromatic N) is 1. The van der Waals surface area contributed by atoms with E-state index in [0.29, 0.717) is 6.54 Å². The molecule has 0 aliphatic rings. The number of carbonyl (C=O) groups is 2. The van der Waals surface area contributed by atoms with Gasteiger partial charge in [-0.2, -0.15) is 0 Å². The Labute approximate surface area is 110 Å². The molecule has 0 fully saturated rings. The van der Waals surface area contributed by atoms with Gasteiger partial charge in [0.2, 0.25) is 0 Å². The van der Waals surface area contributed by atoms with Crippen LogP contribution in [-0.4, -0.2) is 23.2 Å². The van der Waals surface area contributed by atoms with Gasteiger partial charge in [-0.1, -0.05) is 6.07 Å². The molecule has 0 aliphatic heterocycles. The number of Topliss-reactive ketones (excluding diaryl/α,β-unsaturated/α-hetero) is 1. The van der Waals surface area contributed by atoms with Crippen molar-refractivity contribution in [1.82, 2.24) is 10.3 Å². The first-order chi connectivity index (χ1) is 9.27. The van der Waals surface area contributed by atoms with Crippen LogP contribution >= 0.6 is 0 Å². The second kappa shape index (κ2) is 6.49. The van der Waals surface area contributed by atoms with E-state index in [1.54, 1.807) is 12.3 Å². The molecule has 0 saturated carbocycles. The van der Waals surface area contributed by atoms with Gasteiger partial charge < -0.3 is 9.73 Å². The van der Waals surface area contributed by atoms with E-state index in [9.17, 15) is 9.59 Å². The first-order valence-electron chi connectivity index (χ1n) is 6.03. The number of hydrogen-bond acceptors (Lipinski definition) is 4. The van der Waals surface area contributed by atoms with E-state index in [1.165, 1.54) is 12.3 Å². The Hall–Kier alpha value is -2.43. The Morgan fingerprint density at radius 1 is 1.21 bits per heavy atom. The number of hydrogen-bond donors (Lipinski definition) is 1. The highest BCUT2D eigenvalue weighted by atomic mass is 16.3. The molecule has 0 radical (unpaired) electrons. The van der Waals surface area contributed by atoms with Crippen LogP contribution in [0, 0.1) is 0 Å². The third kappa shape index (κ3) is 3.77. The van der Waals surface area contributed by atoms with Gasteiger partial charge in [-0.25, -0.2) is 0 Å². The van der Waals surface area contributed by atoms with E-state index in [1.807, 2.05) is 18.2 Å². The maximum atomic E-state index is 11.6. The minimum absolute atomic E-state index is 0.0576. The van der Waals surface area contributed by atoms with Crippen molar-refractivity contribution in [3.63, 3.8) is 0 Å². The van der Waals surface area contributed by atoms with Crippen molar-refractivity contribution in [1.29, 1.82) is 0 Å². The smallest absolute Gasteiger partial charge is 0.295 e. The fourth-order valence-electron chi connectivity index (χ4n) is 1.62. The topological polar surface area (TPSA) is 72.2 Å². The molecule has 0 unspecified atom stereocenters. The van der Waals surface area contributed by atoms with Crippen LogP contribution in [0.5, 0.6) is 0 Å². The highest BCUT2D eigenvalue weighted by Crippen LogP contribution is 2.01. The molecule has 0 saturated heterocycles. The number of aromatic nitrogens is 1. The van der Waals surface area contributed by atoms with Crippen LogP contribution in [0.25, 0.3) is 0 Å². The predicted octanol–water partition coefficient (Wildman–Crippen LogP) is 1.61. The molecule has 19 heavy (non-hydrogen) atoms. The van der Waals surface area contributed by atoms with Crippen molar-refractivity contribution in [3.05, 3.63) is 54.2 Å². The zero-order valence-corrected chi connectivity index (χ0v) is 10.3. The molecule has 2 heterocycles. The highest BCUT2D eigenvalue weighted by Gasteiger charge is 2.17. The fraction of sp³-hybridized carbons (Fsp3) is 0.214. The molecule has 0 aromatic carbocycles. The Morgan fingerprint density at radius 3 is 2.79 bits per heavy atom. The van der Waals surface area contributed by atoms with Gasteiger partial charge in [-0.3, -0.25) is 14.6 Å². The summed E-state index contributed by atoms with van der Waals surface area (Å²) in [5.74, 6) is -1.24. The summed E-state index contributed by atoms with van der Waals surface area (Å²) in [4.78, 5) is 27.2. The number of amides is 1. The molecule has 2 aromatic rings. The molecule has 1 amide bonds. The van der Waals surface area contributed by atoms with Gasteiger partial charge in [-0.15, -0.1) is 0 Å². The zero-order chi connectivity index (χ0) is 13.5. The molecule has 0 bridgehead atoms. The third-order valence-electron chi connectivity index (χ3n) is 2.57. The maximum Gasteiger partial charge on any atom is 0.295 e. The van der Waals surface area contributed by atoms with Gasteiger partial charge in [-0.05, 0) is 37.1 Å². The summed E-state index contributed by atoms with van der Waals surface area (Å²) >= 11 is 0. The molecule has 1 N–H and O–H groups in total.